The van der Waals surface area contributed by atoms with Crippen molar-refractivity contribution in [1.82, 2.24) is 0 Å². The van der Waals surface area contributed by atoms with Gasteiger partial charge < -0.3 is 0 Å². The van der Waals surface area contributed by atoms with Crippen molar-refractivity contribution < 1.29 is 13.6 Å². The maximum absolute atomic E-state index is 13.6. The van der Waals surface area contributed by atoms with Gasteiger partial charge in [-0.3, -0.25) is 4.79 Å². The molecule has 0 heterocycles. The lowest BCUT2D eigenvalue weighted by atomic mass is 9.77. The molecule has 0 radical (unpaired) electrons. The number of ketones is 1. The lowest BCUT2D eigenvalue weighted by Gasteiger charge is -2.27. The van der Waals surface area contributed by atoms with Crippen molar-refractivity contribution in [2.24, 2.45) is 11.8 Å². The Morgan fingerprint density at radius 2 is 2.11 bits per heavy atom. The molecule has 0 aromatic heterocycles. The highest BCUT2D eigenvalue weighted by atomic mass is 19.2. The Labute approximate surface area is 106 Å². The monoisotopic (exact) mass is 252 g/mol. The lowest BCUT2D eigenvalue weighted by Crippen LogP contribution is -2.26. The molecule has 0 aliphatic heterocycles. The molecule has 0 N–H and O–H groups in total. The van der Waals surface area contributed by atoms with E-state index in [1.807, 2.05) is 0 Å². The normalized spacial score (nSPS) is 24.3. The van der Waals surface area contributed by atoms with Gasteiger partial charge in [0.05, 0.1) is 0 Å². The van der Waals surface area contributed by atoms with Gasteiger partial charge in [-0.15, -0.1) is 0 Å². The van der Waals surface area contributed by atoms with Crippen LogP contribution in [0.15, 0.2) is 18.2 Å². The summed E-state index contributed by atoms with van der Waals surface area (Å²) in [5, 5.41) is 0. The van der Waals surface area contributed by atoms with Crippen molar-refractivity contribution in [1.29, 1.82) is 0 Å². The smallest absolute Gasteiger partial charge is 0.162 e. The van der Waals surface area contributed by atoms with E-state index < -0.39 is 11.6 Å². The summed E-state index contributed by atoms with van der Waals surface area (Å²) in [7, 11) is 0. The van der Waals surface area contributed by atoms with Crippen molar-refractivity contribution in [2.45, 2.75) is 39.0 Å². The van der Waals surface area contributed by atoms with E-state index in [4.69, 9.17) is 0 Å². The summed E-state index contributed by atoms with van der Waals surface area (Å²) in [6.45, 7) is 2.11. The second-order valence-corrected chi connectivity index (χ2v) is 5.13. The van der Waals surface area contributed by atoms with Gasteiger partial charge in [-0.25, -0.2) is 8.78 Å². The van der Waals surface area contributed by atoms with E-state index in [0.717, 1.165) is 25.3 Å². The topological polar surface area (TPSA) is 17.1 Å². The second-order valence-electron chi connectivity index (χ2n) is 5.13. The summed E-state index contributed by atoms with van der Waals surface area (Å²) in [5.41, 5.74) is 0.324. The average molecular weight is 252 g/mol. The van der Waals surface area contributed by atoms with Crippen LogP contribution in [-0.4, -0.2) is 5.78 Å². The molecule has 0 bridgehead atoms. The zero-order chi connectivity index (χ0) is 13.1. The van der Waals surface area contributed by atoms with E-state index in [9.17, 15) is 13.6 Å². The molecule has 1 nitrogen and oxygen atoms in total. The van der Waals surface area contributed by atoms with Crippen LogP contribution in [0, 0.1) is 23.5 Å². The average Bonchev–Trinajstić information content (AvgIpc) is 2.37. The minimum atomic E-state index is -0.831. The summed E-state index contributed by atoms with van der Waals surface area (Å²) >= 11 is 0. The molecule has 1 fully saturated rings. The molecule has 0 amide bonds. The Morgan fingerprint density at radius 3 is 2.83 bits per heavy atom. The second kappa shape index (κ2) is 5.59. The van der Waals surface area contributed by atoms with Gasteiger partial charge in [-0.1, -0.05) is 25.5 Å². The zero-order valence-corrected chi connectivity index (χ0v) is 10.6. The highest BCUT2D eigenvalue weighted by Gasteiger charge is 2.28. The molecule has 0 spiro atoms. The van der Waals surface area contributed by atoms with E-state index >= 15 is 0 Å². The maximum atomic E-state index is 13.6. The third-order valence-electron chi connectivity index (χ3n) is 3.95. The van der Waals surface area contributed by atoms with Crippen LogP contribution >= 0.6 is 0 Å². The maximum Gasteiger partial charge on any atom is 0.162 e. The Bertz CT molecular complexity index is 442. The highest BCUT2D eigenvalue weighted by Crippen LogP contribution is 2.31. The molecule has 1 aliphatic rings. The van der Waals surface area contributed by atoms with E-state index in [1.165, 1.54) is 6.07 Å². The summed E-state index contributed by atoms with van der Waals surface area (Å²) < 4.78 is 26.7. The SMILES string of the molecule is CCC1CCC(=O)C(Cc2cccc(F)c2F)C1. The minimum Gasteiger partial charge on any atom is -0.299 e. The first kappa shape index (κ1) is 13.2. The number of carbonyl (C=O) groups is 1. The van der Waals surface area contributed by atoms with E-state index in [2.05, 4.69) is 6.92 Å². The van der Waals surface area contributed by atoms with Gasteiger partial charge in [0, 0.05) is 12.3 Å². The molecule has 1 aromatic rings. The molecule has 1 aromatic carbocycles. The predicted octanol–water partition coefficient (Wildman–Crippen LogP) is 3.90. The number of halogens is 2. The van der Waals surface area contributed by atoms with Crippen LogP contribution < -0.4 is 0 Å². The Morgan fingerprint density at radius 1 is 1.33 bits per heavy atom. The van der Waals surface area contributed by atoms with Gasteiger partial charge in [0.25, 0.3) is 0 Å². The van der Waals surface area contributed by atoms with E-state index in [0.29, 0.717) is 24.3 Å². The third kappa shape index (κ3) is 2.77. The van der Waals surface area contributed by atoms with E-state index in [-0.39, 0.29) is 11.7 Å². The van der Waals surface area contributed by atoms with Crippen LogP contribution in [0.4, 0.5) is 8.78 Å². The molecule has 0 saturated heterocycles. The van der Waals surface area contributed by atoms with Gasteiger partial charge in [0.15, 0.2) is 11.6 Å². The number of hydrogen-bond acceptors (Lipinski definition) is 1. The Hall–Kier alpha value is -1.25. The van der Waals surface area contributed by atoms with Gasteiger partial charge in [0.2, 0.25) is 0 Å². The van der Waals surface area contributed by atoms with Crippen molar-refractivity contribution in [3.05, 3.63) is 35.4 Å². The Balaban J connectivity index is 2.12. The fourth-order valence-electron chi connectivity index (χ4n) is 2.74. The first-order valence-electron chi connectivity index (χ1n) is 6.57. The number of benzene rings is 1. The molecular weight excluding hydrogens is 234 g/mol. The number of rotatable bonds is 3. The quantitative estimate of drug-likeness (QED) is 0.797. The fourth-order valence-corrected chi connectivity index (χ4v) is 2.74. The van der Waals surface area contributed by atoms with Crippen molar-refractivity contribution in [3.63, 3.8) is 0 Å². The fraction of sp³-hybridized carbons (Fsp3) is 0.533. The van der Waals surface area contributed by atoms with Crippen LogP contribution in [0.25, 0.3) is 0 Å². The van der Waals surface area contributed by atoms with Gasteiger partial charge in [0.1, 0.15) is 5.78 Å². The molecule has 98 valence electrons. The predicted molar refractivity (Wildman–Crippen MR) is 66.2 cm³/mol. The molecule has 2 unspecified atom stereocenters. The number of Topliss-reactive ketones (excluding diaryl/α,β-unsaturated/α-hetero) is 1. The summed E-state index contributed by atoms with van der Waals surface area (Å²) in [6.07, 6.45) is 3.72. The van der Waals surface area contributed by atoms with Crippen LogP contribution in [0.2, 0.25) is 0 Å². The van der Waals surface area contributed by atoms with Gasteiger partial charge >= 0.3 is 0 Å². The van der Waals surface area contributed by atoms with E-state index in [1.54, 1.807) is 6.07 Å². The first-order chi connectivity index (χ1) is 8.61. The minimum absolute atomic E-state index is 0.139. The molecule has 1 aliphatic carbocycles. The Kier molecular flexibility index (Phi) is 4.10. The summed E-state index contributed by atoms with van der Waals surface area (Å²) in [5.74, 6) is -1.03. The third-order valence-corrected chi connectivity index (χ3v) is 3.95. The van der Waals surface area contributed by atoms with Crippen molar-refractivity contribution in [2.75, 3.05) is 0 Å². The standard InChI is InChI=1S/C15H18F2O/c1-2-10-6-7-14(18)12(8-10)9-11-4-3-5-13(16)15(11)17/h3-5,10,12H,2,6-9H2,1H3. The first-order valence-corrected chi connectivity index (χ1v) is 6.57. The molecule has 3 heteroatoms. The summed E-state index contributed by atoms with van der Waals surface area (Å²) in [6, 6.07) is 4.18. The lowest BCUT2D eigenvalue weighted by molar-refractivity contribution is -0.125. The van der Waals surface area contributed by atoms with Crippen LogP contribution in [-0.2, 0) is 11.2 Å². The molecule has 2 atom stereocenters. The largest absolute Gasteiger partial charge is 0.299 e. The number of carbonyl (C=O) groups excluding carboxylic acids is 1. The molecule has 18 heavy (non-hydrogen) atoms. The van der Waals surface area contributed by atoms with Crippen molar-refractivity contribution in [3.8, 4) is 0 Å². The number of hydrogen-bond donors (Lipinski definition) is 0. The van der Waals surface area contributed by atoms with Crippen LogP contribution in [0.1, 0.15) is 38.2 Å². The van der Waals surface area contributed by atoms with Crippen LogP contribution in [0.3, 0.4) is 0 Å². The van der Waals surface area contributed by atoms with Gasteiger partial charge in [-0.05, 0) is 36.8 Å². The van der Waals surface area contributed by atoms with Crippen molar-refractivity contribution >= 4 is 5.78 Å². The highest BCUT2D eigenvalue weighted by molar-refractivity contribution is 5.82. The molecule has 1 saturated carbocycles. The molecule has 2 rings (SSSR count). The zero-order valence-electron chi connectivity index (χ0n) is 10.6. The van der Waals surface area contributed by atoms with Crippen LogP contribution in [0.5, 0.6) is 0 Å². The molecular formula is C15H18F2O. The van der Waals surface area contributed by atoms with Gasteiger partial charge in [-0.2, -0.15) is 0 Å². The summed E-state index contributed by atoms with van der Waals surface area (Å²) in [4.78, 5) is 11.8.